The minimum absolute atomic E-state index is 0.332. The normalized spacial score (nSPS) is 32.8. The molecule has 0 aromatic rings. The molecule has 12 heavy (non-hydrogen) atoms. The van der Waals surface area contributed by atoms with Gasteiger partial charge in [0.25, 0.3) is 0 Å². The summed E-state index contributed by atoms with van der Waals surface area (Å²) in [6.07, 6.45) is 4.49. The van der Waals surface area contributed by atoms with E-state index in [2.05, 4.69) is 7.85 Å². The largest absolute Gasteiger partial charge is 0.368 e. The lowest BCUT2D eigenvalue weighted by Crippen LogP contribution is -2.43. The van der Waals surface area contributed by atoms with Crippen molar-refractivity contribution in [3.05, 3.63) is 0 Å². The van der Waals surface area contributed by atoms with Crippen molar-refractivity contribution in [2.75, 3.05) is 0 Å². The van der Waals surface area contributed by atoms with Gasteiger partial charge in [0.1, 0.15) is 7.85 Å². The first kappa shape index (κ1) is 9.58. The number of carbonyl (C=O) groups excluding carboxylic acids is 1. The summed E-state index contributed by atoms with van der Waals surface area (Å²) in [5, 5.41) is 0. The standard InChI is InChI=1S/C8H17BN2O/c9-6-3-1-5(2-4-6)7(10)8(11)12/h5-7H,1-4,9-10H2,(H2,11,12). The molecule has 1 unspecified atom stereocenters. The summed E-state index contributed by atoms with van der Waals surface area (Å²) in [7, 11) is 2.24. The van der Waals surface area contributed by atoms with Gasteiger partial charge in [0.15, 0.2) is 0 Å². The van der Waals surface area contributed by atoms with Crippen molar-refractivity contribution in [1.29, 1.82) is 0 Å². The van der Waals surface area contributed by atoms with Gasteiger partial charge in [-0.1, -0.05) is 18.7 Å². The SMILES string of the molecule is BC1CCC(C(N)C(N)=O)CC1. The third-order valence-electron chi connectivity index (χ3n) is 2.90. The van der Waals surface area contributed by atoms with Gasteiger partial charge in [-0.2, -0.15) is 0 Å². The molecule has 1 saturated carbocycles. The van der Waals surface area contributed by atoms with Crippen molar-refractivity contribution in [1.82, 2.24) is 0 Å². The second-order valence-electron chi connectivity index (χ2n) is 3.95. The lowest BCUT2D eigenvalue weighted by atomic mass is 9.70. The van der Waals surface area contributed by atoms with Crippen molar-refractivity contribution >= 4 is 13.8 Å². The molecule has 1 aliphatic carbocycles. The zero-order valence-corrected chi connectivity index (χ0v) is 7.62. The minimum atomic E-state index is -0.419. The summed E-state index contributed by atoms with van der Waals surface area (Å²) in [5.41, 5.74) is 10.8. The van der Waals surface area contributed by atoms with E-state index in [1.165, 1.54) is 12.8 Å². The number of carbonyl (C=O) groups is 1. The number of primary amides is 1. The fourth-order valence-corrected chi connectivity index (χ4v) is 1.88. The average Bonchev–Trinajstić information content (AvgIpc) is 2.04. The summed E-state index contributed by atoms with van der Waals surface area (Å²) < 4.78 is 0. The molecule has 3 nitrogen and oxygen atoms in total. The van der Waals surface area contributed by atoms with E-state index in [4.69, 9.17) is 11.5 Å². The Kier molecular flexibility index (Phi) is 3.15. The molecule has 0 bridgehead atoms. The van der Waals surface area contributed by atoms with E-state index in [1.807, 2.05) is 0 Å². The van der Waals surface area contributed by atoms with E-state index >= 15 is 0 Å². The van der Waals surface area contributed by atoms with Crippen molar-refractivity contribution in [3.63, 3.8) is 0 Å². The topological polar surface area (TPSA) is 69.1 Å². The Bertz CT molecular complexity index is 166. The summed E-state index contributed by atoms with van der Waals surface area (Å²) in [5.74, 6) is 0.773. The average molecular weight is 168 g/mol. The molecular weight excluding hydrogens is 151 g/mol. The molecule has 0 aromatic heterocycles. The molecule has 1 rings (SSSR count). The Labute approximate surface area is 74.3 Å². The van der Waals surface area contributed by atoms with Gasteiger partial charge >= 0.3 is 0 Å². The molecule has 1 amide bonds. The third-order valence-corrected chi connectivity index (χ3v) is 2.90. The molecule has 1 atom stereocenters. The second-order valence-corrected chi connectivity index (χ2v) is 3.95. The van der Waals surface area contributed by atoms with Crippen LogP contribution in [0.25, 0.3) is 0 Å². The third kappa shape index (κ3) is 2.24. The van der Waals surface area contributed by atoms with Crippen LogP contribution in [0, 0.1) is 5.92 Å². The number of hydrogen-bond donors (Lipinski definition) is 2. The summed E-state index contributed by atoms with van der Waals surface area (Å²) in [6.45, 7) is 0. The van der Waals surface area contributed by atoms with Gasteiger partial charge in [-0.25, -0.2) is 0 Å². The number of nitrogens with two attached hydrogens (primary N) is 2. The second kappa shape index (κ2) is 3.94. The molecule has 0 radical (unpaired) electrons. The monoisotopic (exact) mass is 168 g/mol. The molecule has 68 valence electrons. The highest BCUT2D eigenvalue weighted by Gasteiger charge is 2.26. The molecule has 1 aliphatic rings. The fraction of sp³-hybridized carbons (Fsp3) is 0.875. The molecule has 0 aromatic carbocycles. The van der Waals surface area contributed by atoms with Gasteiger partial charge in [-0.05, 0) is 18.8 Å². The first-order chi connectivity index (χ1) is 5.61. The maximum absolute atomic E-state index is 10.8. The molecule has 4 heteroatoms. The Hall–Kier alpha value is -0.505. The summed E-state index contributed by atoms with van der Waals surface area (Å²) in [6, 6.07) is -0.419. The van der Waals surface area contributed by atoms with Crippen LogP contribution in [0.1, 0.15) is 25.7 Å². The lowest BCUT2D eigenvalue weighted by Gasteiger charge is -2.28. The summed E-state index contributed by atoms with van der Waals surface area (Å²) >= 11 is 0. The molecule has 4 N–H and O–H groups in total. The highest BCUT2D eigenvalue weighted by atomic mass is 16.1. The van der Waals surface area contributed by atoms with Crippen molar-refractivity contribution in [2.45, 2.75) is 37.5 Å². The van der Waals surface area contributed by atoms with Gasteiger partial charge in [0, 0.05) is 0 Å². The van der Waals surface area contributed by atoms with Crippen LogP contribution < -0.4 is 11.5 Å². The Morgan fingerprint density at radius 1 is 1.33 bits per heavy atom. The molecule has 1 fully saturated rings. The molecule has 0 heterocycles. The van der Waals surface area contributed by atoms with E-state index in [-0.39, 0.29) is 5.91 Å². The van der Waals surface area contributed by atoms with E-state index in [0.29, 0.717) is 5.92 Å². The van der Waals surface area contributed by atoms with Gasteiger partial charge < -0.3 is 11.5 Å². The van der Waals surface area contributed by atoms with Crippen LogP contribution in [0.3, 0.4) is 0 Å². The number of rotatable bonds is 2. The van der Waals surface area contributed by atoms with E-state index in [1.54, 1.807) is 0 Å². The maximum Gasteiger partial charge on any atom is 0.234 e. The Morgan fingerprint density at radius 2 is 1.83 bits per heavy atom. The number of amides is 1. The summed E-state index contributed by atoms with van der Waals surface area (Å²) in [4.78, 5) is 10.8. The number of hydrogen-bond acceptors (Lipinski definition) is 2. The first-order valence-electron chi connectivity index (χ1n) is 4.66. The Balaban J connectivity index is 2.39. The Morgan fingerprint density at radius 3 is 2.25 bits per heavy atom. The van der Waals surface area contributed by atoms with Crippen LogP contribution in [0.2, 0.25) is 5.82 Å². The predicted molar refractivity (Wildman–Crippen MR) is 51.4 cm³/mol. The van der Waals surface area contributed by atoms with Crippen LogP contribution in [0.5, 0.6) is 0 Å². The maximum atomic E-state index is 10.8. The zero-order chi connectivity index (χ0) is 9.14. The van der Waals surface area contributed by atoms with Crippen LogP contribution >= 0.6 is 0 Å². The lowest BCUT2D eigenvalue weighted by molar-refractivity contribution is -0.120. The highest BCUT2D eigenvalue weighted by molar-refractivity contribution is 6.11. The van der Waals surface area contributed by atoms with Crippen molar-refractivity contribution in [3.8, 4) is 0 Å². The first-order valence-corrected chi connectivity index (χ1v) is 4.66. The van der Waals surface area contributed by atoms with Crippen molar-refractivity contribution in [2.24, 2.45) is 17.4 Å². The van der Waals surface area contributed by atoms with Gasteiger partial charge in [-0.3, -0.25) is 4.79 Å². The van der Waals surface area contributed by atoms with E-state index in [9.17, 15) is 4.79 Å². The molecule has 0 saturated heterocycles. The van der Waals surface area contributed by atoms with Gasteiger partial charge in [-0.15, -0.1) is 0 Å². The van der Waals surface area contributed by atoms with Gasteiger partial charge in [0.2, 0.25) is 5.91 Å². The van der Waals surface area contributed by atoms with Gasteiger partial charge in [0.05, 0.1) is 6.04 Å². The predicted octanol–water partition coefficient (Wildman–Crippen LogP) is -0.589. The van der Waals surface area contributed by atoms with Crippen molar-refractivity contribution < 1.29 is 4.79 Å². The zero-order valence-electron chi connectivity index (χ0n) is 7.62. The van der Waals surface area contributed by atoms with E-state index in [0.717, 1.165) is 18.7 Å². The quantitative estimate of drug-likeness (QED) is 0.541. The van der Waals surface area contributed by atoms with Crippen LogP contribution in [-0.4, -0.2) is 19.8 Å². The van der Waals surface area contributed by atoms with E-state index < -0.39 is 6.04 Å². The highest BCUT2D eigenvalue weighted by Crippen LogP contribution is 2.31. The van der Waals surface area contributed by atoms with Crippen LogP contribution in [-0.2, 0) is 4.79 Å². The van der Waals surface area contributed by atoms with Crippen LogP contribution in [0.4, 0.5) is 0 Å². The molecule has 0 spiro atoms. The minimum Gasteiger partial charge on any atom is -0.368 e. The smallest absolute Gasteiger partial charge is 0.234 e. The molecular formula is C8H17BN2O. The van der Waals surface area contributed by atoms with Crippen LogP contribution in [0.15, 0.2) is 0 Å². The fourth-order valence-electron chi connectivity index (χ4n) is 1.88. The molecule has 0 aliphatic heterocycles.